The summed E-state index contributed by atoms with van der Waals surface area (Å²) in [7, 11) is -3.69. The zero-order valence-corrected chi connectivity index (χ0v) is 25.0. The second-order valence-corrected chi connectivity index (χ2v) is 12.7. The van der Waals surface area contributed by atoms with Gasteiger partial charge in [0, 0.05) is 0 Å². The number of carbonyl (C=O) groups excluding carboxylic acids is 2. The summed E-state index contributed by atoms with van der Waals surface area (Å²) in [4.78, 5) is 37.7. The number of unbranched alkanes of at least 4 members (excludes halogenated alkanes) is 3. The molecule has 0 aromatic carbocycles. The zero-order chi connectivity index (χ0) is 29.2. The lowest BCUT2D eigenvalue weighted by molar-refractivity contribution is -0.149. The summed E-state index contributed by atoms with van der Waals surface area (Å²) < 4.78 is 32.5. The van der Waals surface area contributed by atoms with Crippen molar-refractivity contribution in [3.63, 3.8) is 0 Å². The molecule has 0 unspecified atom stereocenters. The van der Waals surface area contributed by atoms with Crippen molar-refractivity contribution in [3.8, 4) is 0 Å². The molecule has 0 radical (unpaired) electrons. The molecule has 2 heterocycles. The number of fused-ring (bicyclic) bond motifs is 1. The third-order valence-corrected chi connectivity index (χ3v) is 7.97. The van der Waals surface area contributed by atoms with E-state index in [4.69, 9.17) is 19.9 Å². The summed E-state index contributed by atoms with van der Waals surface area (Å²) in [6, 6.07) is -0.928. The van der Waals surface area contributed by atoms with Crippen LogP contribution in [0.1, 0.15) is 74.1 Å². The van der Waals surface area contributed by atoms with Crippen LogP contribution in [0.5, 0.6) is 0 Å². The predicted octanol–water partition coefficient (Wildman–Crippen LogP) is 3.39. The van der Waals surface area contributed by atoms with Crippen molar-refractivity contribution in [2.24, 2.45) is 0 Å². The summed E-state index contributed by atoms with van der Waals surface area (Å²) in [5.41, 5.74) is 5.57. The van der Waals surface area contributed by atoms with Crippen LogP contribution in [0.15, 0.2) is 12.7 Å². The SMILES string of the molecule is CCCCCCOC(=O)C(C)(C)N[P@@](=O)(CO[C@H](C)Cn1cnc2c(N)ncnc21)N[C@H](C)C(=O)OC(C)C. The minimum absolute atomic E-state index is 0.270. The molecule has 0 spiro atoms. The van der Waals surface area contributed by atoms with Crippen LogP contribution >= 0.6 is 7.44 Å². The highest BCUT2D eigenvalue weighted by Crippen LogP contribution is 2.40. The Morgan fingerprint density at radius 2 is 1.85 bits per heavy atom. The Bertz CT molecular complexity index is 1140. The minimum atomic E-state index is -3.69. The highest BCUT2D eigenvalue weighted by Gasteiger charge is 2.39. The molecule has 3 atom stereocenters. The van der Waals surface area contributed by atoms with Gasteiger partial charge in [0.25, 0.3) is 0 Å². The number of nitrogen functional groups attached to an aromatic ring is 1. The van der Waals surface area contributed by atoms with Crippen molar-refractivity contribution in [2.75, 3.05) is 18.7 Å². The van der Waals surface area contributed by atoms with E-state index < -0.39 is 37.1 Å². The van der Waals surface area contributed by atoms with Gasteiger partial charge in [0.2, 0.25) is 7.44 Å². The Morgan fingerprint density at radius 3 is 2.51 bits per heavy atom. The minimum Gasteiger partial charge on any atom is -0.464 e. The number of hydrogen-bond acceptors (Lipinski definition) is 10. The molecule has 220 valence electrons. The molecule has 39 heavy (non-hydrogen) atoms. The van der Waals surface area contributed by atoms with Gasteiger partial charge in [-0.2, -0.15) is 0 Å². The zero-order valence-electron chi connectivity index (χ0n) is 24.1. The van der Waals surface area contributed by atoms with Gasteiger partial charge in [-0.05, 0) is 48.0 Å². The molecule has 0 aliphatic rings. The quantitative estimate of drug-likeness (QED) is 0.144. The molecule has 2 aromatic heterocycles. The average Bonchev–Trinajstić information content (AvgIpc) is 3.25. The molecular weight excluding hydrogens is 525 g/mol. The molecule has 0 aliphatic carbocycles. The van der Waals surface area contributed by atoms with Crippen LogP contribution in [0.3, 0.4) is 0 Å². The molecule has 2 rings (SSSR count). The predicted molar refractivity (Wildman–Crippen MR) is 149 cm³/mol. The first-order chi connectivity index (χ1) is 18.3. The van der Waals surface area contributed by atoms with Gasteiger partial charge in [-0.1, -0.05) is 26.2 Å². The molecule has 13 nitrogen and oxygen atoms in total. The van der Waals surface area contributed by atoms with Gasteiger partial charge < -0.3 is 24.5 Å². The Hall–Kier alpha value is -2.60. The van der Waals surface area contributed by atoms with Crippen molar-refractivity contribution >= 4 is 36.4 Å². The largest absolute Gasteiger partial charge is 0.464 e. The van der Waals surface area contributed by atoms with E-state index in [1.807, 2.05) is 0 Å². The molecule has 0 saturated heterocycles. The molecule has 0 saturated carbocycles. The highest BCUT2D eigenvalue weighted by atomic mass is 31.2. The second kappa shape index (κ2) is 14.7. The van der Waals surface area contributed by atoms with Crippen LogP contribution in [0, 0.1) is 0 Å². The van der Waals surface area contributed by atoms with E-state index in [1.165, 1.54) is 6.33 Å². The van der Waals surface area contributed by atoms with Gasteiger partial charge >= 0.3 is 11.9 Å². The summed E-state index contributed by atoms with van der Waals surface area (Å²) in [5, 5.41) is 5.72. The van der Waals surface area contributed by atoms with E-state index in [-0.39, 0.29) is 24.9 Å². The molecular formula is C25H44N7O6P. The average molecular weight is 570 g/mol. The van der Waals surface area contributed by atoms with Crippen molar-refractivity contribution in [1.29, 1.82) is 0 Å². The van der Waals surface area contributed by atoms with Crippen molar-refractivity contribution in [1.82, 2.24) is 29.7 Å². The van der Waals surface area contributed by atoms with Gasteiger partial charge in [-0.15, -0.1) is 0 Å². The first-order valence-electron chi connectivity index (χ1n) is 13.3. The fourth-order valence-corrected chi connectivity index (χ4v) is 6.16. The number of aromatic nitrogens is 4. The number of rotatable bonds is 17. The van der Waals surface area contributed by atoms with Gasteiger partial charge in [-0.3, -0.25) is 14.2 Å². The number of carbonyl (C=O) groups is 2. The molecule has 2 aromatic rings. The number of nitrogens with one attached hydrogen (secondary N) is 2. The van der Waals surface area contributed by atoms with E-state index in [9.17, 15) is 14.2 Å². The van der Waals surface area contributed by atoms with Gasteiger partial charge in [0.05, 0.1) is 31.7 Å². The molecule has 0 fully saturated rings. The number of ether oxygens (including phenoxy) is 3. The number of nitrogens with two attached hydrogens (primary N) is 1. The summed E-state index contributed by atoms with van der Waals surface area (Å²) in [6.07, 6.45) is 5.69. The van der Waals surface area contributed by atoms with Crippen LogP contribution in [0.2, 0.25) is 0 Å². The monoisotopic (exact) mass is 569 g/mol. The lowest BCUT2D eigenvalue weighted by Gasteiger charge is -2.32. The maximum Gasteiger partial charge on any atom is 0.326 e. The van der Waals surface area contributed by atoms with Crippen LogP contribution in [0.4, 0.5) is 5.82 Å². The van der Waals surface area contributed by atoms with Gasteiger partial charge in [0.15, 0.2) is 11.5 Å². The smallest absolute Gasteiger partial charge is 0.326 e. The third kappa shape index (κ3) is 10.1. The number of imidazole rings is 1. The molecule has 14 heteroatoms. The summed E-state index contributed by atoms with van der Waals surface area (Å²) >= 11 is 0. The van der Waals surface area contributed by atoms with Crippen molar-refractivity contribution < 1.29 is 28.4 Å². The van der Waals surface area contributed by atoms with Crippen LogP contribution in [-0.4, -0.2) is 68.2 Å². The van der Waals surface area contributed by atoms with E-state index >= 15 is 0 Å². The Kier molecular flexibility index (Phi) is 12.3. The fraction of sp³-hybridized carbons (Fsp3) is 0.720. The molecule has 4 N–H and O–H groups in total. The number of nitrogens with zero attached hydrogens (tertiary/aromatic N) is 4. The van der Waals surface area contributed by atoms with E-state index in [0.717, 1.165) is 25.7 Å². The normalized spacial score (nSPS) is 15.2. The lowest BCUT2D eigenvalue weighted by atomic mass is 10.1. The maximum atomic E-state index is 14.1. The maximum absolute atomic E-state index is 14.1. The standard InChI is InChI=1S/C25H44N7O6P/c1-8-9-10-11-12-36-24(34)25(6,7)31-39(35,30-19(5)23(33)38-17(2)3)16-37-18(4)13-32-15-29-20-21(26)27-14-28-22(20)32/h14-15,17-19H,8-13,16H2,1-7H3,(H2,26,27,28)(H2,30,31,35)/t18-,19-,39-/m1/s1. The molecule has 0 amide bonds. The Morgan fingerprint density at radius 1 is 1.13 bits per heavy atom. The topological polar surface area (TPSA) is 173 Å². The molecule has 0 aliphatic heterocycles. The first kappa shape index (κ1) is 32.6. The Balaban J connectivity index is 2.12. The van der Waals surface area contributed by atoms with Gasteiger partial charge in [0.1, 0.15) is 29.8 Å². The van der Waals surface area contributed by atoms with Crippen molar-refractivity contribution in [2.45, 2.75) is 104 Å². The Labute approximate surface area is 230 Å². The summed E-state index contributed by atoms with van der Waals surface area (Å²) in [6.45, 7) is 12.7. The van der Waals surface area contributed by atoms with Crippen molar-refractivity contribution in [3.05, 3.63) is 12.7 Å². The first-order valence-corrected chi connectivity index (χ1v) is 15.2. The third-order valence-electron chi connectivity index (χ3n) is 5.73. The second-order valence-electron chi connectivity index (χ2n) is 10.4. The van der Waals surface area contributed by atoms with Gasteiger partial charge in [-0.25, -0.2) is 25.1 Å². The number of hydrogen-bond donors (Lipinski definition) is 3. The van der Waals surface area contributed by atoms with E-state index in [1.54, 1.807) is 52.4 Å². The molecule has 0 bridgehead atoms. The van der Waals surface area contributed by atoms with E-state index in [0.29, 0.717) is 17.7 Å². The highest BCUT2D eigenvalue weighted by molar-refractivity contribution is 7.59. The number of esters is 2. The fourth-order valence-electron chi connectivity index (χ4n) is 3.77. The van der Waals surface area contributed by atoms with Crippen LogP contribution in [-0.2, 0) is 34.9 Å². The van der Waals surface area contributed by atoms with E-state index in [2.05, 4.69) is 32.1 Å². The lowest BCUT2D eigenvalue weighted by Crippen LogP contribution is -2.50. The van der Waals surface area contributed by atoms with Crippen LogP contribution in [0.25, 0.3) is 11.2 Å². The summed E-state index contributed by atoms with van der Waals surface area (Å²) in [5.74, 6) is -0.848. The van der Waals surface area contributed by atoms with Crippen LogP contribution < -0.4 is 15.9 Å². The number of anilines is 1.